The van der Waals surface area contributed by atoms with E-state index < -0.39 is 17.8 Å². The van der Waals surface area contributed by atoms with E-state index in [1.54, 1.807) is 36.4 Å². The van der Waals surface area contributed by atoms with Crippen LogP contribution in [-0.2, 0) is 20.9 Å². The average Bonchev–Trinajstić information content (AvgIpc) is 3.34. The van der Waals surface area contributed by atoms with E-state index in [-0.39, 0.29) is 28.1 Å². The van der Waals surface area contributed by atoms with Gasteiger partial charge in [-0.1, -0.05) is 29.3 Å². The number of furan rings is 1. The minimum absolute atomic E-state index is 0.0442. The first-order chi connectivity index (χ1) is 16.8. The lowest BCUT2D eigenvalue weighted by atomic mass is 10.2. The Bertz CT molecular complexity index is 1270. The minimum atomic E-state index is -1.01. The van der Waals surface area contributed by atoms with Gasteiger partial charge in [0, 0.05) is 0 Å². The van der Waals surface area contributed by atoms with Gasteiger partial charge < -0.3 is 23.9 Å². The second-order valence-corrected chi connectivity index (χ2v) is 7.50. The van der Waals surface area contributed by atoms with E-state index in [4.69, 9.17) is 37.1 Å². The van der Waals surface area contributed by atoms with Crippen LogP contribution in [0.4, 0.5) is 5.69 Å². The Balaban J connectivity index is 1.57. The van der Waals surface area contributed by atoms with Crippen molar-refractivity contribution >= 4 is 52.9 Å². The van der Waals surface area contributed by atoms with Gasteiger partial charge in [-0.25, -0.2) is 10.2 Å². The number of rotatable bonds is 8. The number of nitrogens with zero attached hydrogens (tertiary/aromatic N) is 1. The number of hydrogen-bond acceptors (Lipinski definition) is 8. The van der Waals surface area contributed by atoms with E-state index in [1.807, 2.05) is 0 Å². The molecule has 0 saturated carbocycles. The molecule has 1 aromatic heterocycles. The van der Waals surface area contributed by atoms with Crippen LogP contribution in [0.15, 0.2) is 58.0 Å². The van der Waals surface area contributed by atoms with Crippen LogP contribution in [0, 0.1) is 0 Å². The van der Waals surface area contributed by atoms with Crippen LogP contribution in [0.3, 0.4) is 0 Å². The zero-order valence-corrected chi connectivity index (χ0v) is 20.0. The molecule has 0 atom stereocenters. The average molecular weight is 520 g/mol. The third kappa shape index (κ3) is 6.75. The van der Waals surface area contributed by atoms with E-state index in [1.165, 1.54) is 32.6 Å². The number of nitrogens with one attached hydrogen (secondary N) is 2. The molecule has 0 aliphatic heterocycles. The summed E-state index contributed by atoms with van der Waals surface area (Å²) in [4.78, 5) is 35.5. The maximum absolute atomic E-state index is 12.0. The summed E-state index contributed by atoms with van der Waals surface area (Å²) in [6.45, 7) is 0.0442. The predicted molar refractivity (Wildman–Crippen MR) is 128 cm³/mol. The molecule has 0 bridgehead atoms. The van der Waals surface area contributed by atoms with Crippen molar-refractivity contribution in [3.63, 3.8) is 0 Å². The van der Waals surface area contributed by atoms with Crippen LogP contribution in [0.1, 0.15) is 21.9 Å². The van der Waals surface area contributed by atoms with Crippen molar-refractivity contribution in [1.29, 1.82) is 0 Å². The Hall–Kier alpha value is -4.02. The molecule has 0 aliphatic rings. The van der Waals surface area contributed by atoms with Crippen LogP contribution in [0.5, 0.6) is 11.5 Å². The van der Waals surface area contributed by atoms with E-state index in [0.29, 0.717) is 22.8 Å². The fourth-order valence-electron chi connectivity index (χ4n) is 2.69. The molecule has 2 amide bonds. The lowest BCUT2D eigenvalue weighted by Crippen LogP contribution is -2.32. The van der Waals surface area contributed by atoms with Crippen molar-refractivity contribution in [2.45, 2.75) is 6.61 Å². The third-order valence-corrected chi connectivity index (χ3v) is 5.21. The smallest absolute Gasteiger partial charge is 0.373 e. The lowest BCUT2D eigenvalue weighted by Gasteiger charge is -2.10. The number of esters is 1. The zero-order valence-electron chi connectivity index (χ0n) is 18.5. The van der Waals surface area contributed by atoms with E-state index in [9.17, 15) is 14.4 Å². The molecule has 3 rings (SSSR count). The number of methoxy groups -OCH3 is 2. The Morgan fingerprint density at radius 3 is 2.57 bits per heavy atom. The number of anilines is 1. The molecule has 35 heavy (non-hydrogen) atoms. The number of ether oxygens (including phenoxy) is 3. The third-order valence-electron chi connectivity index (χ3n) is 4.39. The van der Waals surface area contributed by atoms with E-state index in [0.717, 1.165) is 0 Å². The SMILES string of the molecule is COC(=O)c1ccc(COc2ccc(/C=N/NC(=O)C(=O)Nc3cccc(Cl)c3Cl)cc2OC)o1. The summed E-state index contributed by atoms with van der Waals surface area (Å²) in [5.41, 5.74) is 2.87. The van der Waals surface area contributed by atoms with Crippen molar-refractivity contribution in [2.75, 3.05) is 19.5 Å². The molecule has 2 N–H and O–H groups in total. The molecule has 0 aliphatic carbocycles. The van der Waals surface area contributed by atoms with Crippen molar-refractivity contribution in [3.8, 4) is 11.5 Å². The topological polar surface area (TPSA) is 128 Å². The molecule has 2 aromatic carbocycles. The summed E-state index contributed by atoms with van der Waals surface area (Å²) >= 11 is 11.9. The molecule has 0 spiro atoms. The van der Waals surface area contributed by atoms with Crippen LogP contribution in [-0.4, -0.2) is 38.2 Å². The van der Waals surface area contributed by atoms with Gasteiger partial charge in [-0.05, 0) is 48.0 Å². The number of hydrogen-bond donors (Lipinski definition) is 2. The first-order valence-electron chi connectivity index (χ1n) is 9.88. The second-order valence-electron chi connectivity index (χ2n) is 6.71. The fourth-order valence-corrected chi connectivity index (χ4v) is 3.04. The Morgan fingerprint density at radius 1 is 1.03 bits per heavy atom. The molecule has 182 valence electrons. The van der Waals surface area contributed by atoms with Gasteiger partial charge in [0.15, 0.2) is 11.5 Å². The Kier molecular flexibility index (Phi) is 8.71. The van der Waals surface area contributed by atoms with Crippen molar-refractivity contribution in [1.82, 2.24) is 5.43 Å². The lowest BCUT2D eigenvalue weighted by molar-refractivity contribution is -0.136. The highest BCUT2D eigenvalue weighted by Crippen LogP contribution is 2.30. The van der Waals surface area contributed by atoms with Crippen molar-refractivity contribution < 1.29 is 33.0 Å². The summed E-state index contributed by atoms with van der Waals surface area (Å²) in [7, 11) is 2.71. The summed E-state index contributed by atoms with van der Waals surface area (Å²) in [5, 5.41) is 6.47. The van der Waals surface area contributed by atoms with Gasteiger partial charge in [0.1, 0.15) is 12.4 Å². The number of carbonyl (C=O) groups is 3. The van der Waals surface area contributed by atoms with Gasteiger partial charge in [-0.2, -0.15) is 5.10 Å². The summed E-state index contributed by atoms with van der Waals surface area (Å²) in [5.74, 6) is -1.30. The molecule has 0 saturated heterocycles. The fraction of sp³-hybridized carbons (Fsp3) is 0.130. The van der Waals surface area contributed by atoms with E-state index in [2.05, 4.69) is 20.6 Å². The van der Waals surface area contributed by atoms with E-state index >= 15 is 0 Å². The number of amides is 2. The normalized spacial score (nSPS) is 10.6. The maximum Gasteiger partial charge on any atom is 0.373 e. The highest BCUT2D eigenvalue weighted by Gasteiger charge is 2.16. The highest BCUT2D eigenvalue weighted by molar-refractivity contribution is 6.45. The summed E-state index contributed by atoms with van der Waals surface area (Å²) in [6, 6.07) is 12.6. The van der Waals surface area contributed by atoms with Crippen molar-refractivity contribution in [3.05, 3.63) is 75.7 Å². The van der Waals surface area contributed by atoms with Gasteiger partial charge in [0.05, 0.1) is 36.2 Å². The summed E-state index contributed by atoms with van der Waals surface area (Å²) < 4.78 is 21.0. The molecule has 0 unspecified atom stereocenters. The monoisotopic (exact) mass is 519 g/mol. The molecule has 10 nitrogen and oxygen atoms in total. The van der Waals surface area contributed by atoms with Gasteiger partial charge >= 0.3 is 17.8 Å². The summed E-state index contributed by atoms with van der Waals surface area (Å²) in [6.07, 6.45) is 1.32. The molecular weight excluding hydrogens is 501 g/mol. The first kappa shape index (κ1) is 25.6. The highest BCUT2D eigenvalue weighted by atomic mass is 35.5. The molecule has 0 fully saturated rings. The molecule has 0 radical (unpaired) electrons. The standard InChI is InChI=1S/C23H19Cl2N3O7/c1-32-19-10-13(6-8-17(19)34-12-14-7-9-18(35-14)23(31)33-2)11-26-28-22(30)21(29)27-16-5-3-4-15(24)20(16)25/h3-11H,12H2,1-2H3,(H,27,29)(H,28,30)/b26-11+. The second kappa shape index (κ2) is 11.9. The van der Waals surface area contributed by atoms with Gasteiger partial charge in [-0.3, -0.25) is 9.59 Å². The number of carbonyl (C=O) groups excluding carboxylic acids is 3. The Labute approximate surface area is 209 Å². The van der Waals surface area contributed by atoms with Crippen LogP contribution in [0.2, 0.25) is 10.0 Å². The molecule has 12 heteroatoms. The van der Waals surface area contributed by atoms with Gasteiger partial charge in [0.25, 0.3) is 0 Å². The number of benzene rings is 2. The Morgan fingerprint density at radius 2 is 1.83 bits per heavy atom. The molecular formula is C23H19Cl2N3O7. The minimum Gasteiger partial charge on any atom is -0.493 e. The molecule has 3 aromatic rings. The van der Waals surface area contributed by atoms with Crippen LogP contribution in [0.25, 0.3) is 0 Å². The number of hydrazone groups is 1. The zero-order chi connectivity index (χ0) is 25.4. The molecule has 1 heterocycles. The maximum atomic E-state index is 12.0. The van der Waals surface area contributed by atoms with Gasteiger partial charge in [0.2, 0.25) is 5.76 Å². The quantitative estimate of drug-likeness (QED) is 0.199. The first-order valence-corrected chi connectivity index (χ1v) is 10.6. The van der Waals surface area contributed by atoms with Crippen LogP contribution >= 0.6 is 23.2 Å². The van der Waals surface area contributed by atoms with Crippen molar-refractivity contribution in [2.24, 2.45) is 5.10 Å². The van der Waals surface area contributed by atoms with Crippen LogP contribution < -0.4 is 20.2 Å². The predicted octanol–water partition coefficient (Wildman–Crippen LogP) is 4.05. The largest absolute Gasteiger partial charge is 0.493 e. The number of halogens is 2. The van der Waals surface area contributed by atoms with Gasteiger partial charge in [-0.15, -0.1) is 0 Å².